The molecule has 0 saturated carbocycles. The number of carbonyl (C=O) groups excluding carboxylic acids is 2. The molecule has 1 aliphatic heterocycles. The van der Waals surface area contributed by atoms with Gasteiger partial charge in [-0.3, -0.25) is 9.59 Å². The Morgan fingerprint density at radius 1 is 1.44 bits per heavy atom. The van der Waals surface area contributed by atoms with Gasteiger partial charge < -0.3 is 10.1 Å². The Bertz CT molecular complexity index is 357. The van der Waals surface area contributed by atoms with Gasteiger partial charge in [0.05, 0.1) is 0 Å². The predicted molar refractivity (Wildman–Crippen MR) is 60.4 cm³/mol. The van der Waals surface area contributed by atoms with Crippen LogP contribution in [0.2, 0.25) is 0 Å². The van der Waals surface area contributed by atoms with E-state index in [4.69, 9.17) is 4.74 Å². The van der Waals surface area contributed by atoms with E-state index >= 15 is 0 Å². The van der Waals surface area contributed by atoms with E-state index < -0.39 is 5.54 Å². The van der Waals surface area contributed by atoms with Crippen LogP contribution in [-0.4, -0.2) is 17.3 Å². The molecule has 0 saturated heterocycles. The molecule has 1 rings (SSSR count). The van der Waals surface area contributed by atoms with E-state index in [1.807, 2.05) is 6.92 Å². The molecule has 1 heterocycles. The van der Waals surface area contributed by atoms with Crippen molar-refractivity contribution < 1.29 is 14.3 Å². The van der Waals surface area contributed by atoms with E-state index in [0.29, 0.717) is 18.6 Å². The molecule has 1 aliphatic rings. The molecule has 0 aliphatic carbocycles. The van der Waals surface area contributed by atoms with Gasteiger partial charge in [0.25, 0.3) is 0 Å². The number of esters is 1. The van der Waals surface area contributed by atoms with Gasteiger partial charge in [-0.2, -0.15) is 0 Å². The van der Waals surface area contributed by atoms with Crippen LogP contribution in [0.5, 0.6) is 0 Å². The molecule has 4 nitrogen and oxygen atoms in total. The van der Waals surface area contributed by atoms with E-state index in [9.17, 15) is 9.59 Å². The van der Waals surface area contributed by atoms with Crippen LogP contribution in [-0.2, 0) is 14.3 Å². The molecule has 4 heteroatoms. The van der Waals surface area contributed by atoms with Crippen molar-refractivity contribution in [3.63, 3.8) is 0 Å². The van der Waals surface area contributed by atoms with Crippen LogP contribution < -0.4 is 5.32 Å². The molecule has 1 atom stereocenters. The third-order valence-corrected chi connectivity index (χ3v) is 2.74. The van der Waals surface area contributed by atoms with Crippen LogP contribution in [0, 0.1) is 0 Å². The lowest BCUT2D eigenvalue weighted by atomic mass is 9.87. The maximum Gasteiger partial charge on any atom is 0.310 e. The summed E-state index contributed by atoms with van der Waals surface area (Å²) in [4.78, 5) is 23.0. The first-order valence-corrected chi connectivity index (χ1v) is 5.43. The van der Waals surface area contributed by atoms with Crippen LogP contribution in [0.25, 0.3) is 0 Å². The zero-order valence-electron chi connectivity index (χ0n) is 9.87. The highest BCUT2D eigenvalue weighted by molar-refractivity contribution is 5.90. The average Bonchev–Trinajstić information content (AvgIpc) is 2.29. The molecule has 0 aromatic heterocycles. The number of dihydropyridines is 1. The summed E-state index contributed by atoms with van der Waals surface area (Å²) in [5.41, 5.74) is -0.889. The minimum atomic E-state index is -0.889. The number of carbonyl (C=O) groups is 2. The summed E-state index contributed by atoms with van der Waals surface area (Å²) in [6.45, 7) is 5.08. The molecule has 1 N–H and O–H groups in total. The number of nitrogens with one attached hydrogen (secondary N) is 1. The minimum absolute atomic E-state index is 0.0606. The van der Waals surface area contributed by atoms with Crippen molar-refractivity contribution in [2.75, 3.05) is 0 Å². The number of rotatable bonds is 4. The van der Waals surface area contributed by atoms with Gasteiger partial charge in [-0.25, -0.2) is 0 Å². The maximum absolute atomic E-state index is 11.7. The van der Waals surface area contributed by atoms with Crippen LogP contribution in [0.15, 0.2) is 24.1 Å². The van der Waals surface area contributed by atoms with Crippen molar-refractivity contribution in [1.29, 1.82) is 0 Å². The Morgan fingerprint density at radius 3 is 2.62 bits per heavy atom. The van der Waals surface area contributed by atoms with Gasteiger partial charge in [0, 0.05) is 6.42 Å². The first kappa shape index (κ1) is 12.5. The summed E-state index contributed by atoms with van der Waals surface area (Å²) < 4.78 is 5.20. The number of hydrogen-bond donors (Lipinski definition) is 1. The van der Waals surface area contributed by atoms with Gasteiger partial charge in [0.15, 0.2) is 11.3 Å². The zero-order valence-corrected chi connectivity index (χ0v) is 9.87. The molecule has 88 valence electrons. The van der Waals surface area contributed by atoms with Gasteiger partial charge in [-0.05, 0) is 31.7 Å². The summed E-state index contributed by atoms with van der Waals surface area (Å²) in [5, 5.41) is 2.99. The number of allylic oxidation sites excluding steroid dienone is 2. The van der Waals surface area contributed by atoms with E-state index in [1.54, 1.807) is 25.3 Å². The van der Waals surface area contributed by atoms with Gasteiger partial charge >= 0.3 is 5.97 Å². The van der Waals surface area contributed by atoms with Gasteiger partial charge in [0.1, 0.15) is 5.76 Å². The standard InChI is InChI=1S/C12H17NO3/c1-4-11(15)16-10-7-6-8-13-12(10,5-2)9(3)14/h6-8,13H,4-5H2,1-3H3. The fourth-order valence-corrected chi connectivity index (χ4v) is 1.66. The maximum atomic E-state index is 11.7. The second-order valence-electron chi connectivity index (χ2n) is 3.68. The van der Waals surface area contributed by atoms with Crippen LogP contribution in [0.1, 0.15) is 33.6 Å². The molecule has 0 bridgehead atoms. The van der Waals surface area contributed by atoms with E-state index in [2.05, 4.69) is 5.32 Å². The summed E-state index contributed by atoms with van der Waals surface area (Å²) in [6.07, 6.45) is 5.90. The van der Waals surface area contributed by atoms with Crippen molar-refractivity contribution in [1.82, 2.24) is 5.32 Å². The van der Waals surface area contributed by atoms with Gasteiger partial charge in [-0.15, -0.1) is 0 Å². The van der Waals surface area contributed by atoms with E-state index in [1.165, 1.54) is 6.92 Å². The lowest BCUT2D eigenvalue weighted by molar-refractivity contribution is -0.141. The lowest BCUT2D eigenvalue weighted by Crippen LogP contribution is -2.51. The van der Waals surface area contributed by atoms with Crippen molar-refractivity contribution in [3.8, 4) is 0 Å². The van der Waals surface area contributed by atoms with Crippen LogP contribution in [0.4, 0.5) is 0 Å². The Labute approximate surface area is 95.4 Å². The third-order valence-electron chi connectivity index (χ3n) is 2.74. The normalized spacial score (nSPS) is 23.3. The fraction of sp³-hybridized carbons (Fsp3) is 0.500. The highest BCUT2D eigenvalue weighted by Gasteiger charge is 2.40. The fourth-order valence-electron chi connectivity index (χ4n) is 1.66. The van der Waals surface area contributed by atoms with Crippen molar-refractivity contribution >= 4 is 11.8 Å². The second-order valence-corrected chi connectivity index (χ2v) is 3.68. The van der Waals surface area contributed by atoms with Gasteiger partial charge in [0.2, 0.25) is 0 Å². The molecule has 0 aromatic rings. The van der Waals surface area contributed by atoms with Crippen molar-refractivity contribution in [2.45, 2.75) is 39.2 Å². The topological polar surface area (TPSA) is 55.4 Å². The Kier molecular flexibility index (Phi) is 3.88. The Balaban J connectivity index is 3.00. The second kappa shape index (κ2) is 4.96. The summed E-state index contributed by atoms with van der Waals surface area (Å²) >= 11 is 0. The summed E-state index contributed by atoms with van der Waals surface area (Å²) in [6, 6.07) is 0. The Hall–Kier alpha value is -1.58. The predicted octanol–water partition coefficient (Wildman–Crippen LogP) is 1.68. The van der Waals surface area contributed by atoms with Crippen LogP contribution >= 0.6 is 0 Å². The molecule has 0 aromatic carbocycles. The molecule has 0 amide bonds. The Morgan fingerprint density at radius 2 is 2.12 bits per heavy atom. The zero-order chi connectivity index (χ0) is 12.2. The summed E-state index contributed by atoms with van der Waals surface area (Å²) in [7, 11) is 0. The van der Waals surface area contributed by atoms with Crippen molar-refractivity contribution in [2.24, 2.45) is 0 Å². The molecule has 0 radical (unpaired) electrons. The number of Topliss-reactive ketones (excluding diaryl/α,β-unsaturated/α-hetero) is 1. The SMILES string of the molecule is CCC(=O)OC1=CC=CNC1(CC)C(C)=O. The highest BCUT2D eigenvalue weighted by atomic mass is 16.5. The molecular formula is C12H17NO3. The summed E-state index contributed by atoms with van der Waals surface area (Å²) in [5.74, 6) is -0.00576. The minimum Gasteiger partial charge on any atom is -0.428 e. The van der Waals surface area contributed by atoms with Crippen LogP contribution in [0.3, 0.4) is 0 Å². The lowest BCUT2D eigenvalue weighted by Gasteiger charge is -2.33. The van der Waals surface area contributed by atoms with Gasteiger partial charge in [-0.1, -0.05) is 13.8 Å². The highest BCUT2D eigenvalue weighted by Crippen LogP contribution is 2.26. The largest absolute Gasteiger partial charge is 0.428 e. The number of hydrogen-bond acceptors (Lipinski definition) is 4. The molecule has 0 fully saturated rings. The number of ketones is 1. The monoisotopic (exact) mass is 223 g/mol. The number of ether oxygens (including phenoxy) is 1. The first-order chi connectivity index (χ1) is 7.56. The molecule has 16 heavy (non-hydrogen) atoms. The quantitative estimate of drug-likeness (QED) is 0.737. The average molecular weight is 223 g/mol. The van der Waals surface area contributed by atoms with E-state index in [0.717, 1.165) is 0 Å². The van der Waals surface area contributed by atoms with Crippen molar-refractivity contribution in [3.05, 3.63) is 24.1 Å². The molecular weight excluding hydrogens is 206 g/mol. The molecule has 0 spiro atoms. The van der Waals surface area contributed by atoms with E-state index in [-0.39, 0.29) is 11.8 Å². The third kappa shape index (κ3) is 2.15. The first-order valence-electron chi connectivity index (χ1n) is 5.43. The smallest absolute Gasteiger partial charge is 0.310 e. The molecule has 1 unspecified atom stereocenters.